The predicted molar refractivity (Wildman–Crippen MR) is 79.0 cm³/mol. The van der Waals surface area contributed by atoms with Gasteiger partial charge in [0.15, 0.2) is 0 Å². The van der Waals surface area contributed by atoms with E-state index in [0.717, 1.165) is 12.1 Å². The molecule has 2 nitrogen and oxygen atoms in total. The summed E-state index contributed by atoms with van der Waals surface area (Å²) >= 11 is 0. The maximum atomic E-state index is 3.93. The summed E-state index contributed by atoms with van der Waals surface area (Å²) in [6.07, 6.45) is 11.0. The second-order valence-corrected chi connectivity index (χ2v) is 6.43. The summed E-state index contributed by atoms with van der Waals surface area (Å²) < 4.78 is 0. The van der Waals surface area contributed by atoms with Gasteiger partial charge in [-0.05, 0) is 32.1 Å². The van der Waals surface area contributed by atoms with Gasteiger partial charge >= 0.3 is 0 Å². The summed E-state index contributed by atoms with van der Waals surface area (Å²) in [5.74, 6) is 0. The Kier molecular flexibility index (Phi) is 5.08. The van der Waals surface area contributed by atoms with Gasteiger partial charge in [0.05, 0.1) is 0 Å². The normalized spacial score (nSPS) is 29.0. The minimum absolute atomic E-state index is 0.465. The Morgan fingerprint density at radius 3 is 2.33 bits per heavy atom. The van der Waals surface area contributed by atoms with E-state index < -0.39 is 0 Å². The summed E-state index contributed by atoms with van der Waals surface area (Å²) in [7, 11) is 0. The summed E-state index contributed by atoms with van der Waals surface area (Å²) in [6.45, 7) is 9.58. The lowest BCUT2D eigenvalue weighted by Gasteiger charge is -2.52. The Morgan fingerprint density at radius 2 is 1.78 bits per heavy atom. The second kappa shape index (κ2) is 6.38. The smallest absolute Gasteiger partial charge is 0.0309 e. The van der Waals surface area contributed by atoms with Gasteiger partial charge in [-0.2, -0.15) is 0 Å². The zero-order valence-corrected chi connectivity index (χ0v) is 12.7. The van der Waals surface area contributed by atoms with E-state index in [1.54, 1.807) is 0 Å². The fourth-order valence-electron chi connectivity index (χ4n) is 4.11. The average molecular weight is 252 g/mol. The first-order chi connectivity index (χ1) is 8.74. The molecule has 106 valence electrons. The molecule has 1 saturated carbocycles. The largest absolute Gasteiger partial charge is 0.308 e. The summed E-state index contributed by atoms with van der Waals surface area (Å²) in [6, 6.07) is 1.57. The summed E-state index contributed by atoms with van der Waals surface area (Å²) in [5, 5.41) is 3.93. The zero-order chi connectivity index (χ0) is 13.0. The van der Waals surface area contributed by atoms with Gasteiger partial charge in [0.1, 0.15) is 0 Å². The number of nitrogens with one attached hydrogen (secondary N) is 1. The molecule has 2 rings (SSSR count). The van der Waals surface area contributed by atoms with Crippen LogP contribution < -0.4 is 5.32 Å². The third kappa shape index (κ3) is 2.91. The maximum Gasteiger partial charge on any atom is 0.0309 e. The van der Waals surface area contributed by atoms with E-state index in [9.17, 15) is 0 Å². The van der Waals surface area contributed by atoms with Crippen molar-refractivity contribution in [2.24, 2.45) is 0 Å². The Balaban J connectivity index is 2.07. The van der Waals surface area contributed by atoms with Crippen LogP contribution in [0, 0.1) is 0 Å². The van der Waals surface area contributed by atoms with Gasteiger partial charge in [-0.3, -0.25) is 4.90 Å². The van der Waals surface area contributed by atoms with Crippen LogP contribution in [0.2, 0.25) is 0 Å². The van der Waals surface area contributed by atoms with Crippen molar-refractivity contribution in [3.63, 3.8) is 0 Å². The molecule has 2 aliphatic rings. The van der Waals surface area contributed by atoms with E-state index in [2.05, 4.69) is 31.0 Å². The van der Waals surface area contributed by atoms with Crippen molar-refractivity contribution in [1.82, 2.24) is 10.2 Å². The number of nitrogens with zero attached hydrogens (tertiary/aromatic N) is 1. The zero-order valence-electron chi connectivity index (χ0n) is 12.7. The highest BCUT2D eigenvalue weighted by molar-refractivity contribution is 5.00. The van der Waals surface area contributed by atoms with Gasteiger partial charge in [0.2, 0.25) is 0 Å². The van der Waals surface area contributed by atoms with Crippen LogP contribution in [0.1, 0.15) is 72.1 Å². The number of hydrogen-bond acceptors (Lipinski definition) is 2. The van der Waals surface area contributed by atoms with E-state index in [1.165, 1.54) is 64.5 Å². The van der Waals surface area contributed by atoms with Crippen molar-refractivity contribution in [1.29, 1.82) is 0 Å². The average Bonchev–Trinajstić information content (AvgIpc) is 2.41. The van der Waals surface area contributed by atoms with E-state index in [1.807, 2.05) is 0 Å². The number of piperazine rings is 1. The molecule has 0 aromatic rings. The van der Waals surface area contributed by atoms with Crippen LogP contribution in [0.4, 0.5) is 0 Å². The van der Waals surface area contributed by atoms with Gasteiger partial charge in [0, 0.05) is 30.7 Å². The Hall–Kier alpha value is -0.0800. The Labute approximate surface area is 114 Å². The van der Waals surface area contributed by atoms with Gasteiger partial charge in [-0.1, -0.05) is 40.0 Å². The van der Waals surface area contributed by atoms with E-state index in [-0.39, 0.29) is 0 Å². The molecule has 2 fully saturated rings. The molecule has 0 bridgehead atoms. The molecule has 1 heterocycles. The SMILES string of the molecule is CCC(CC)N1CC2(CCCCC2)NCC1CC. The minimum Gasteiger partial charge on any atom is -0.308 e. The molecule has 1 unspecified atom stereocenters. The highest BCUT2D eigenvalue weighted by Crippen LogP contribution is 2.33. The van der Waals surface area contributed by atoms with Gasteiger partial charge in [-0.25, -0.2) is 0 Å². The summed E-state index contributed by atoms with van der Waals surface area (Å²) in [5.41, 5.74) is 0.465. The first-order valence-electron chi connectivity index (χ1n) is 8.25. The Morgan fingerprint density at radius 1 is 1.11 bits per heavy atom. The molecule has 1 atom stereocenters. The third-order valence-electron chi connectivity index (χ3n) is 5.36. The number of rotatable bonds is 4. The van der Waals surface area contributed by atoms with Crippen molar-refractivity contribution in [2.45, 2.75) is 89.8 Å². The molecule has 2 heteroatoms. The molecule has 0 amide bonds. The number of hydrogen-bond donors (Lipinski definition) is 1. The molecule has 0 radical (unpaired) electrons. The highest BCUT2D eigenvalue weighted by atomic mass is 15.3. The molecule has 1 saturated heterocycles. The minimum atomic E-state index is 0.465. The molecule has 1 N–H and O–H groups in total. The lowest BCUT2D eigenvalue weighted by Crippen LogP contribution is -2.66. The Bertz CT molecular complexity index is 234. The van der Waals surface area contributed by atoms with Crippen LogP contribution >= 0.6 is 0 Å². The van der Waals surface area contributed by atoms with Crippen LogP contribution in [0.5, 0.6) is 0 Å². The molecular formula is C16H32N2. The van der Waals surface area contributed by atoms with Crippen molar-refractivity contribution < 1.29 is 0 Å². The molecule has 1 spiro atoms. The first-order valence-corrected chi connectivity index (χ1v) is 8.25. The third-order valence-corrected chi connectivity index (χ3v) is 5.36. The van der Waals surface area contributed by atoms with Crippen LogP contribution in [0.3, 0.4) is 0 Å². The molecule has 0 aromatic carbocycles. The second-order valence-electron chi connectivity index (χ2n) is 6.43. The molecule has 18 heavy (non-hydrogen) atoms. The molecule has 0 aromatic heterocycles. The van der Waals surface area contributed by atoms with Crippen LogP contribution in [-0.4, -0.2) is 35.6 Å². The molecule has 1 aliphatic heterocycles. The maximum absolute atomic E-state index is 3.93. The van der Waals surface area contributed by atoms with Crippen molar-refractivity contribution in [2.75, 3.05) is 13.1 Å². The topological polar surface area (TPSA) is 15.3 Å². The molecule has 1 aliphatic carbocycles. The lowest BCUT2D eigenvalue weighted by atomic mass is 9.78. The van der Waals surface area contributed by atoms with Gasteiger partial charge in [0.25, 0.3) is 0 Å². The fourth-order valence-corrected chi connectivity index (χ4v) is 4.11. The highest BCUT2D eigenvalue weighted by Gasteiger charge is 2.40. The van der Waals surface area contributed by atoms with Crippen molar-refractivity contribution in [3.8, 4) is 0 Å². The van der Waals surface area contributed by atoms with Crippen molar-refractivity contribution in [3.05, 3.63) is 0 Å². The fraction of sp³-hybridized carbons (Fsp3) is 1.00. The van der Waals surface area contributed by atoms with Crippen LogP contribution in [0.25, 0.3) is 0 Å². The van der Waals surface area contributed by atoms with Gasteiger partial charge in [-0.15, -0.1) is 0 Å². The van der Waals surface area contributed by atoms with Crippen LogP contribution in [-0.2, 0) is 0 Å². The monoisotopic (exact) mass is 252 g/mol. The predicted octanol–water partition coefficient (Wildman–Crippen LogP) is 3.56. The van der Waals surface area contributed by atoms with Gasteiger partial charge < -0.3 is 5.32 Å². The lowest BCUT2D eigenvalue weighted by molar-refractivity contribution is 0.0198. The molecular weight excluding hydrogens is 220 g/mol. The van der Waals surface area contributed by atoms with E-state index in [0.29, 0.717) is 5.54 Å². The van der Waals surface area contributed by atoms with Crippen LogP contribution in [0.15, 0.2) is 0 Å². The standard InChI is InChI=1S/C16H32N2/c1-4-14(5-2)18-13-16(10-8-7-9-11-16)17-12-15(18)6-3/h14-15,17H,4-13H2,1-3H3. The van der Waals surface area contributed by atoms with E-state index in [4.69, 9.17) is 0 Å². The quantitative estimate of drug-likeness (QED) is 0.823. The van der Waals surface area contributed by atoms with E-state index >= 15 is 0 Å². The van der Waals surface area contributed by atoms with Crippen molar-refractivity contribution >= 4 is 0 Å². The first kappa shape index (κ1) is 14.3. The summed E-state index contributed by atoms with van der Waals surface area (Å²) in [4.78, 5) is 2.85.